The van der Waals surface area contributed by atoms with Crippen molar-refractivity contribution < 1.29 is 27.4 Å². The first-order valence-corrected chi connectivity index (χ1v) is 7.61. The molecular weight excluding hydrogens is 335 g/mol. The minimum Gasteiger partial charge on any atom is -0.455 e. The number of para-hydroxylation sites is 2. The number of alkyl halides is 3. The van der Waals surface area contributed by atoms with E-state index in [1.807, 2.05) is 19.1 Å². The first kappa shape index (κ1) is 18.8. The molecule has 1 N–H and O–H groups in total. The van der Waals surface area contributed by atoms with Crippen molar-refractivity contribution in [1.29, 1.82) is 0 Å². The summed E-state index contributed by atoms with van der Waals surface area (Å²) >= 11 is 0. The van der Waals surface area contributed by atoms with E-state index in [-0.39, 0.29) is 13.0 Å². The van der Waals surface area contributed by atoms with Gasteiger partial charge in [-0.15, -0.1) is 0 Å². The van der Waals surface area contributed by atoms with Crippen molar-refractivity contribution in [2.75, 3.05) is 18.5 Å². The van der Waals surface area contributed by atoms with E-state index in [1.165, 1.54) is 0 Å². The Morgan fingerprint density at radius 2 is 1.76 bits per heavy atom. The third-order valence-electron chi connectivity index (χ3n) is 3.15. The molecule has 0 saturated carbocycles. The van der Waals surface area contributed by atoms with Crippen LogP contribution < -0.4 is 10.1 Å². The molecule has 0 bridgehead atoms. The van der Waals surface area contributed by atoms with E-state index in [0.717, 1.165) is 5.56 Å². The van der Waals surface area contributed by atoms with E-state index in [1.54, 1.807) is 36.4 Å². The van der Waals surface area contributed by atoms with Crippen LogP contribution in [0.2, 0.25) is 0 Å². The van der Waals surface area contributed by atoms with E-state index in [9.17, 15) is 18.0 Å². The van der Waals surface area contributed by atoms with Crippen molar-refractivity contribution in [2.45, 2.75) is 19.5 Å². The Hall–Kier alpha value is -2.54. The highest BCUT2D eigenvalue weighted by atomic mass is 19.4. The van der Waals surface area contributed by atoms with Gasteiger partial charge >= 0.3 is 6.18 Å². The van der Waals surface area contributed by atoms with Crippen LogP contribution >= 0.6 is 0 Å². The molecule has 0 spiro atoms. The molecule has 0 fully saturated rings. The number of rotatable bonds is 7. The maximum Gasteiger partial charge on any atom is 0.411 e. The van der Waals surface area contributed by atoms with E-state index in [0.29, 0.717) is 17.2 Å². The van der Waals surface area contributed by atoms with E-state index >= 15 is 0 Å². The van der Waals surface area contributed by atoms with E-state index < -0.39 is 18.7 Å². The number of nitrogens with one attached hydrogen (secondary N) is 1. The van der Waals surface area contributed by atoms with E-state index in [2.05, 4.69) is 10.1 Å². The summed E-state index contributed by atoms with van der Waals surface area (Å²) in [5.41, 5.74) is 1.52. The number of halogens is 3. The maximum atomic E-state index is 12.0. The lowest BCUT2D eigenvalue weighted by molar-refractivity contribution is -0.174. The molecule has 0 aliphatic rings. The number of ether oxygens (including phenoxy) is 2. The molecule has 0 heterocycles. The monoisotopic (exact) mass is 353 g/mol. The second-order valence-electron chi connectivity index (χ2n) is 5.38. The first-order chi connectivity index (χ1) is 11.8. The molecule has 0 unspecified atom stereocenters. The summed E-state index contributed by atoms with van der Waals surface area (Å²) in [5, 5.41) is 2.61. The molecule has 0 aliphatic carbocycles. The van der Waals surface area contributed by atoms with Crippen LogP contribution in [-0.4, -0.2) is 25.3 Å². The molecule has 25 heavy (non-hydrogen) atoms. The molecule has 0 radical (unpaired) electrons. The number of aryl methyl sites for hydroxylation is 1. The Kier molecular flexibility index (Phi) is 6.41. The van der Waals surface area contributed by atoms with Gasteiger partial charge in [-0.3, -0.25) is 4.79 Å². The van der Waals surface area contributed by atoms with Gasteiger partial charge in [0.05, 0.1) is 18.7 Å². The lowest BCUT2D eigenvalue weighted by Crippen LogP contribution is -2.20. The number of anilines is 1. The number of benzene rings is 2. The van der Waals surface area contributed by atoms with Gasteiger partial charge in [-0.2, -0.15) is 13.2 Å². The van der Waals surface area contributed by atoms with Gasteiger partial charge in [0, 0.05) is 0 Å². The smallest absolute Gasteiger partial charge is 0.411 e. The summed E-state index contributed by atoms with van der Waals surface area (Å²) in [5.74, 6) is 0.596. The number of hydrogen-bond acceptors (Lipinski definition) is 3. The molecule has 2 aromatic rings. The van der Waals surface area contributed by atoms with Crippen LogP contribution in [0.15, 0.2) is 48.5 Å². The maximum absolute atomic E-state index is 12.0. The first-order valence-electron chi connectivity index (χ1n) is 7.61. The fraction of sp³-hybridized carbons (Fsp3) is 0.278. The molecule has 2 rings (SSSR count). The Bertz CT molecular complexity index is 699. The van der Waals surface area contributed by atoms with Crippen LogP contribution in [0, 0.1) is 6.92 Å². The van der Waals surface area contributed by atoms with Gasteiger partial charge in [0.1, 0.15) is 12.4 Å². The summed E-state index contributed by atoms with van der Waals surface area (Å²) in [6.07, 6.45) is -4.58. The van der Waals surface area contributed by atoms with Crippen LogP contribution in [0.5, 0.6) is 11.5 Å². The molecule has 4 nitrogen and oxygen atoms in total. The number of carbonyl (C=O) groups is 1. The average molecular weight is 353 g/mol. The zero-order valence-electron chi connectivity index (χ0n) is 13.6. The van der Waals surface area contributed by atoms with Crippen molar-refractivity contribution >= 4 is 11.6 Å². The van der Waals surface area contributed by atoms with Gasteiger partial charge in [0.25, 0.3) is 0 Å². The number of amides is 1. The van der Waals surface area contributed by atoms with Gasteiger partial charge in [0.15, 0.2) is 5.75 Å². The van der Waals surface area contributed by atoms with Crippen molar-refractivity contribution in [1.82, 2.24) is 0 Å². The van der Waals surface area contributed by atoms with Gasteiger partial charge < -0.3 is 14.8 Å². The number of hydrogen-bond donors (Lipinski definition) is 1. The highest BCUT2D eigenvalue weighted by molar-refractivity contribution is 5.92. The fourth-order valence-electron chi connectivity index (χ4n) is 1.96. The van der Waals surface area contributed by atoms with Gasteiger partial charge in [-0.05, 0) is 31.2 Å². The zero-order valence-corrected chi connectivity index (χ0v) is 13.6. The van der Waals surface area contributed by atoms with Crippen LogP contribution in [0.4, 0.5) is 18.9 Å². The van der Waals surface area contributed by atoms with Gasteiger partial charge in [0.2, 0.25) is 5.91 Å². The highest BCUT2D eigenvalue weighted by Gasteiger charge is 2.27. The van der Waals surface area contributed by atoms with Gasteiger partial charge in [-0.25, -0.2) is 0 Å². The Morgan fingerprint density at radius 3 is 2.44 bits per heavy atom. The third kappa shape index (κ3) is 6.84. The minimum absolute atomic E-state index is 0.186. The minimum atomic E-state index is -4.40. The summed E-state index contributed by atoms with van der Waals surface area (Å²) in [7, 11) is 0. The molecule has 134 valence electrons. The van der Waals surface area contributed by atoms with Crippen LogP contribution in [0.25, 0.3) is 0 Å². The fourth-order valence-corrected chi connectivity index (χ4v) is 1.96. The predicted molar refractivity (Wildman–Crippen MR) is 87.8 cm³/mol. The average Bonchev–Trinajstić information content (AvgIpc) is 2.55. The van der Waals surface area contributed by atoms with Crippen molar-refractivity contribution in [3.8, 4) is 11.5 Å². The van der Waals surface area contributed by atoms with Crippen LogP contribution in [0.1, 0.15) is 12.0 Å². The van der Waals surface area contributed by atoms with Crippen LogP contribution in [0.3, 0.4) is 0 Å². The molecule has 0 atom stereocenters. The molecule has 0 aromatic heterocycles. The van der Waals surface area contributed by atoms with Crippen LogP contribution in [-0.2, 0) is 9.53 Å². The second-order valence-corrected chi connectivity index (χ2v) is 5.38. The molecule has 1 amide bonds. The summed E-state index contributed by atoms with van der Waals surface area (Å²) in [6.45, 7) is 0.276. The molecule has 2 aromatic carbocycles. The largest absolute Gasteiger partial charge is 0.455 e. The predicted octanol–water partition coefficient (Wildman–Crippen LogP) is 4.69. The zero-order chi connectivity index (χ0) is 18.3. The van der Waals surface area contributed by atoms with Crippen molar-refractivity contribution in [3.05, 3.63) is 54.1 Å². The quantitative estimate of drug-likeness (QED) is 0.734. The Morgan fingerprint density at radius 1 is 1.08 bits per heavy atom. The SMILES string of the molecule is Cc1ccc(Oc2ccccc2NC(=O)CCOCC(F)(F)F)cc1. The summed E-state index contributed by atoms with van der Waals surface area (Å²) in [4.78, 5) is 11.9. The van der Waals surface area contributed by atoms with Gasteiger partial charge in [-0.1, -0.05) is 29.8 Å². The third-order valence-corrected chi connectivity index (χ3v) is 3.15. The Balaban J connectivity index is 1.91. The molecule has 0 aliphatic heterocycles. The molecule has 0 saturated heterocycles. The second kappa shape index (κ2) is 8.53. The summed E-state index contributed by atoms with van der Waals surface area (Å²) < 4.78 is 46.1. The Labute approximate surface area is 143 Å². The normalized spacial score (nSPS) is 11.2. The van der Waals surface area contributed by atoms with Crippen molar-refractivity contribution in [2.24, 2.45) is 0 Å². The molecule has 7 heteroatoms. The molecular formula is C18H18F3NO3. The van der Waals surface area contributed by atoms with E-state index in [4.69, 9.17) is 4.74 Å². The topological polar surface area (TPSA) is 47.6 Å². The standard InChI is InChI=1S/C18H18F3NO3/c1-13-6-8-14(9-7-13)25-16-5-3-2-4-15(16)22-17(23)10-11-24-12-18(19,20)21/h2-9H,10-12H2,1H3,(H,22,23). The van der Waals surface area contributed by atoms with Crippen molar-refractivity contribution in [3.63, 3.8) is 0 Å². The lowest BCUT2D eigenvalue weighted by atomic mass is 10.2. The lowest BCUT2D eigenvalue weighted by Gasteiger charge is -2.12. The highest BCUT2D eigenvalue weighted by Crippen LogP contribution is 2.29. The summed E-state index contributed by atoms with van der Waals surface area (Å²) in [6, 6.07) is 14.2. The number of carbonyl (C=O) groups excluding carboxylic acids is 1.